The third-order valence-electron chi connectivity index (χ3n) is 4.17. The molecule has 6 nitrogen and oxygen atoms in total. The van der Waals surface area contributed by atoms with Gasteiger partial charge in [0.05, 0.1) is 6.10 Å². The van der Waals surface area contributed by atoms with Crippen molar-refractivity contribution in [1.29, 1.82) is 0 Å². The third-order valence-corrected chi connectivity index (χ3v) is 5.28. The summed E-state index contributed by atoms with van der Waals surface area (Å²) in [6.07, 6.45) is 1.12. The Labute approximate surface area is 174 Å². The number of hydrogen-bond donors (Lipinski definition) is 1. The first-order valence-corrected chi connectivity index (χ1v) is 10.2. The maximum atomic E-state index is 11.3. The zero-order valence-corrected chi connectivity index (χ0v) is 17.0. The standard InChI is InChI=1S/C22H23N3O3S/c1-3-13-25-21(18-7-5-4-6-8-18)23-24-22(25)29-15-19(27)14-28-20-11-9-17(10-12-20)16(2)26/h3-12,19,27H,1,13-15H2,2H3/t19-/m0/s1. The Kier molecular flexibility index (Phi) is 7.21. The highest BCUT2D eigenvalue weighted by atomic mass is 32.2. The number of hydrogen-bond acceptors (Lipinski definition) is 6. The highest BCUT2D eigenvalue weighted by molar-refractivity contribution is 7.99. The highest BCUT2D eigenvalue weighted by Gasteiger charge is 2.15. The number of thioether (sulfide) groups is 1. The van der Waals surface area contributed by atoms with Gasteiger partial charge in [0, 0.05) is 23.4 Å². The molecule has 2 aromatic carbocycles. The second-order valence-corrected chi connectivity index (χ2v) is 7.42. The van der Waals surface area contributed by atoms with Crippen molar-refractivity contribution in [1.82, 2.24) is 14.8 Å². The lowest BCUT2D eigenvalue weighted by atomic mass is 10.1. The van der Waals surface area contributed by atoms with Crippen LogP contribution in [0, 0.1) is 0 Å². The van der Waals surface area contributed by atoms with E-state index in [1.54, 1.807) is 30.3 Å². The van der Waals surface area contributed by atoms with Crippen LogP contribution in [-0.2, 0) is 6.54 Å². The molecule has 29 heavy (non-hydrogen) atoms. The molecule has 0 saturated carbocycles. The first kappa shape index (κ1) is 20.8. The van der Waals surface area contributed by atoms with E-state index in [4.69, 9.17) is 4.74 Å². The summed E-state index contributed by atoms with van der Waals surface area (Å²) in [5.41, 5.74) is 1.61. The predicted molar refractivity (Wildman–Crippen MR) is 114 cm³/mol. The molecule has 1 N–H and O–H groups in total. The van der Waals surface area contributed by atoms with Crippen molar-refractivity contribution in [3.8, 4) is 17.1 Å². The minimum atomic E-state index is -0.679. The zero-order chi connectivity index (χ0) is 20.6. The number of aliphatic hydroxyl groups excluding tert-OH is 1. The quantitative estimate of drug-likeness (QED) is 0.311. The van der Waals surface area contributed by atoms with Crippen molar-refractivity contribution in [3.05, 3.63) is 72.8 Å². The molecule has 0 spiro atoms. The lowest BCUT2D eigenvalue weighted by molar-refractivity contribution is 0.101. The molecule has 0 aliphatic heterocycles. The fraction of sp³-hybridized carbons (Fsp3) is 0.227. The molecule has 150 valence electrons. The SMILES string of the molecule is C=CCn1c(SC[C@@H](O)COc2ccc(C(C)=O)cc2)nnc1-c1ccccc1. The maximum Gasteiger partial charge on any atom is 0.191 e. The second kappa shape index (κ2) is 10.0. The molecule has 0 saturated heterocycles. The lowest BCUT2D eigenvalue weighted by Crippen LogP contribution is -2.20. The van der Waals surface area contributed by atoms with Crippen LogP contribution in [0.5, 0.6) is 5.75 Å². The summed E-state index contributed by atoms with van der Waals surface area (Å²) in [6, 6.07) is 16.7. The second-order valence-electron chi connectivity index (χ2n) is 6.43. The fourth-order valence-electron chi connectivity index (χ4n) is 2.69. The van der Waals surface area contributed by atoms with Crippen LogP contribution in [0.1, 0.15) is 17.3 Å². The van der Waals surface area contributed by atoms with E-state index in [9.17, 15) is 9.90 Å². The molecule has 3 aromatic rings. The number of rotatable bonds is 10. The third kappa shape index (κ3) is 5.56. The van der Waals surface area contributed by atoms with Crippen molar-refractivity contribution in [2.45, 2.75) is 24.7 Å². The minimum Gasteiger partial charge on any atom is -0.491 e. The minimum absolute atomic E-state index is 0.00601. The van der Waals surface area contributed by atoms with Crippen LogP contribution in [0.2, 0.25) is 0 Å². The summed E-state index contributed by atoms with van der Waals surface area (Å²) in [5.74, 6) is 1.80. The summed E-state index contributed by atoms with van der Waals surface area (Å²) in [5, 5.41) is 19.6. The van der Waals surface area contributed by atoms with Gasteiger partial charge in [-0.2, -0.15) is 0 Å². The molecule has 0 aliphatic rings. The van der Waals surface area contributed by atoms with Crippen molar-refractivity contribution < 1.29 is 14.6 Å². The fourth-order valence-corrected chi connectivity index (χ4v) is 3.54. The monoisotopic (exact) mass is 409 g/mol. The number of benzene rings is 2. The molecular weight excluding hydrogens is 386 g/mol. The molecule has 0 aliphatic carbocycles. The van der Waals surface area contributed by atoms with Gasteiger partial charge in [0.1, 0.15) is 12.4 Å². The van der Waals surface area contributed by atoms with Gasteiger partial charge in [0.25, 0.3) is 0 Å². The highest BCUT2D eigenvalue weighted by Crippen LogP contribution is 2.24. The molecule has 0 bridgehead atoms. The smallest absolute Gasteiger partial charge is 0.191 e. The molecule has 1 aromatic heterocycles. The van der Waals surface area contributed by atoms with Gasteiger partial charge in [-0.05, 0) is 31.2 Å². The van der Waals surface area contributed by atoms with E-state index in [0.717, 1.165) is 11.4 Å². The number of carbonyl (C=O) groups is 1. The molecule has 1 atom stereocenters. The van der Waals surface area contributed by atoms with Crippen LogP contribution in [0.25, 0.3) is 11.4 Å². The summed E-state index contributed by atoms with van der Waals surface area (Å²) in [6.45, 7) is 6.05. The van der Waals surface area contributed by atoms with E-state index in [0.29, 0.717) is 28.8 Å². The van der Waals surface area contributed by atoms with Crippen LogP contribution in [0.3, 0.4) is 0 Å². The molecule has 3 rings (SSSR count). The summed E-state index contributed by atoms with van der Waals surface area (Å²) < 4.78 is 7.58. The van der Waals surface area contributed by atoms with E-state index < -0.39 is 6.10 Å². The predicted octanol–water partition coefficient (Wildman–Crippen LogP) is 3.87. The number of allylic oxidation sites excluding steroid dienone is 1. The number of aromatic nitrogens is 3. The van der Waals surface area contributed by atoms with Gasteiger partial charge in [-0.25, -0.2) is 0 Å². The number of ketones is 1. The van der Waals surface area contributed by atoms with Gasteiger partial charge in [-0.1, -0.05) is 48.2 Å². The van der Waals surface area contributed by atoms with Crippen LogP contribution < -0.4 is 4.74 Å². The van der Waals surface area contributed by atoms with Crippen LogP contribution in [0.4, 0.5) is 0 Å². The molecule has 7 heteroatoms. The van der Waals surface area contributed by atoms with E-state index in [1.807, 2.05) is 34.9 Å². The van der Waals surface area contributed by atoms with Gasteiger partial charge < -0.3 is 9.84 Å². The number of ether oxygens (including phenoxy) is 1. The van der Waals surface area contributed by atoms with E-state index >= 15 is 0 Å². The van der Waals surface area contributed by atoms with Crippen molar-refractivity contribution in [3.63, 3.8) is 0 Å². The Morgan fingerprint density at radius 2 is 1.93 bits per heavy atom. The van der Waals surface area contributed by atoms with E-state index in [1.165, 1.54) is 18.7 Å². The molecule has 0 fully saturated rings. The Bertz CT molecular complexity index is 955. The van der Waals surface area contributed by atoms with Gasteiger partial charge in [0.15, 0.2) is 16.8 Å². The number of aliphatic hydroxyl groups is 1. The normalized spacial score (nSPS) is 11.8. The first-order chi connectivity index (χ1) is 14.1. The van der Waals surface area contributed by atoms with Crippen molar-refractivity contribution >= 4 is 17.5 Å². The van der Waals surface area contributed by atoms with Crippen molar-refractivity contribution in [2.75, 3.05) is 12.4 Å². The molecule has 0 unspecified atom stereocenters. The largest absolute Gasteiger partial charge is 0.491 e. The summed E-state index contributed by atoms with van der Waals surface area (Å²) in [4.78, 5) is 11.3. The Morgan fingerprint density at radius 3 is 2.59 bits per heavy atom. The van der Waals surface area contributed by atoms with Gasteiger partial charge >= 0.3 is 0 Å². The van der Waals surface area contributed by atoms with E-state index in [2.05, 4.69) is 16.8 Å². The number of Topliss-reactive ketones (excluding diaryl/α,β-unsaturated/α-hetero) is 1. The van der Waals surface area contributed by atoms with Crippen molar-refractivity contribution in [2.24, 2.45) is 0 Å². The maximum absolute atomic E-state index is 11.3. The topological polar surface area (TPSA) is 77.2 Å². The Hall–Kier alpha value is -2.90. The molecule has 0 radical (unpaired) electrons. The summed E-state index contributed by atoms with van der Waals surface area (Å²) in [7, 11) is 0. The average Bonchev–Trinajstić information content (AvgIpc) is 3.14. The lowest BCUT2D eigenvalue weighted by Gasteiger charge is -2.13. The molecule has 0 amide bonds. The van der Waals surface area contributed by atoms with Crippen LogP contribution in [-0.4, -0.2) is 44.1 Å². The van der Waals surface area contributed by atoms with Crippen LogP contribution >= 0.6 is 11.8 Å². The summed E-state index contributed by atoms with van der Waals surface area (Å²) >= 11 is 1.42. The number of carbonyl (C=O) groups excluding carboxylic acids is 1. The molecule has 1 heterocycles. The van der Waals surface area contributed by atoms with Gasteiger partial charge in [-0.15, -0.1) is 16.8 Å². The average molecular weight is 410 g/mol. The first-order valence-electron chi connectivity index (χ1n) is 9.22. The van der Waals surface area contributed by atoms with Gasteiger partial charge in [0.2, 0.25) is 0 Å². The van der Waals surface area contributed by atoms with Gasteiger partial charge in [-0.3, -0.25) is 9.36 Å². The zero-order valence-electron chi connectivity index (χ0n) is 16.2. The van der Waals surface area contributed by atoms with Crippen LogP contribution in [0.15, 0.2) is 72.4 Å². The molecular formula is C22H23N3O3S. The Morgan fingerprint density at radius 1 is 1.21 bits per heavy atom. The van der Waals surface area contributed by atoms with E-state index in [-0.39, 0.29) is 12.4 Å². The number of nitrogens with zero attached hydrogens (tertiary/aromatic N) is 3. The Balaban J connectivity index is 1.58.